The number of alkyl halides is 2. The van der Waals surface area contributed by atoms with Gasteiger partial charge in [-0.25, -0.2) is 13.1 Å². The van der Waals surface area contributed by atoms with Crippen LogP contribution in [-0.4, -0.2) is 54.0 Å². The van der Waals surface area contributed by atoms with Gasteiger partial charge in [0.15, 0.2) is 0 Å². The van der Waals surface area contributed by atoms with Crippen LogP contribution in [0.4, 0.5) is 8.78 Å². The molecule has 0 radical (unpaired) electrons. The molecule has 0 saturated heterocycles. The summed E-state index contributed by atoms with van der Waals surface area (Å²) in [5.74, 6) is -0.0283. The lowest BCUT2D eigenvalue weighted by atomic mass is 9.92. The molecule has 3 aromatic rings. The number of nitriles is 1. The molecule has 1 saturated carbocycles. The molecule has 3 N–H and O–H groups in total. The van der Waals surface area contributed by atoms with Crippen LogP contribution in [0.2, 0.25) is 0 Å². The Morgan fingerprint density at radius 3 is 2.50 bits per heavy atom. The third-order valence-corrected chi connectivity index (χ3v) is 7.31. The van der Waals surface area contributed by atoms with Crippen LogP contribution in [0.3, 0.4) is 0 Å². The molecule has 1 fully saturated rings. The summed E-state index contributed by atoms with van der Waals surface area (Å²) in [6.45, 7) is -4.14. The van der Waals surface area contributed by atoms with Crippen molar-refractivity contribution in [2.45, 2.75) is 42.9 Å². The van der Waals surface area contributed by atoms with Crippen LogP contribution in [-0.2, 0) is 10.0 Å². The second-order valence-electron chi connectivity index (χ2n) is 7.91. The molecule has 9 nitrogen and oxygen atoms in total. The molecule has 2 heterocycles. The minimum atomic E-state index is -4.05. The maximum absolute atomic E-state index is 12.8. The molecule has 2 aromatic heterocycles. The van der Waals surface area contributed by atoms with E-state index in [4.69, 9.17) is 10.2 Å². The van der Waals surface area contributed by atoms with Gasteiger partial charge in [-0.1, -0.05) is 0 Å². The fraction of sp³-hybridized carbons (Fsp3) is 0.364. The number of pyridine rings is 1. The van der Waals surface area contributed by atoms with Crippen LogP contribution < -0.4 is 9.46 Å². The number of nitrogens with one attached hydrogen (secondary N) is 1. The summed E-state index contributed by atoms with van der Waals surface area (Å²) in [6, 6.07) is 8.31. The third kappa shape index (κ3) is 4.47. The summed E-state index contributed by atoms with van der Waals surface area (Å²) >= 11 is 0. The number of nitrogens with zero attached hydrogens (tertiary/aromatic N) is 3. The largest absolute Gasteiger partial charge is 0.435 e. The number of hydrogen-bond donors (Lipinski definition) is 3. The SMILES string of the molecule is N#Cc1c(-c2ccc(S(=O)(=O)NC(CO)CO)cn2)n(C2CCC2)c2cc(OC(F)F)ccc12. The van der Waals surface area contributed by atoms with E-state index < -0.39 is 35.9 Å². The summed E-state index contributed by atoms with van der Waals surface area (Å²) in [5, 5.41) is 28.8. The molecule has 0 atom stereocenters. The first-order valence-corrected chi connectivity index (χ1v) is 12.0. The van der Waals surface area contributed by atoms with Crippen molar-refractivity contribution in [1.29, 1.82) is 5.26 Å². The van der Waals surface area contributed by atoms with E-state index in [0.717, 1.165) is 25.5 Å². The second-order valence-corrected chi connectivity index (χ2v) is 9.62. The highest BCUT2D eigenvalue weighted by atomic mass is 32.2. The van der Waals surface area contributed by atoms with Gasteiger partial charge in [0.25, 0.3) is 0 Å². The van der Waals surface area contributed by atoms with Gasteiger partial charge in [0.05, 0.1) is 41.7 Å². The molecule has 180 valence electrons. The number of fused-ring (bicyclic) bond motifs is 1. The third-order valence-electron chi connectivity index (χ3n) is 5.80. The van der Waals surface area contributed by atoms with Crippen LogP contribution >= 0.6 is 0 Å². The number of halogens is 2. The zero-order chi connectivity index (χ0) is 24.5. The number of aromatic nitrogens is 2. The maximum Gasteiger partial charge on any atom is 0.387 e. The van der Waals surface area contributed by atoms with Crippen LogP contribution in [0.25, 0.3) is 22.3 Å². The highest BCUT2D eigenvalue weighted by Crippen LogP contribution is 2.43. The Morgan fingerprint density at radius 2 is 1.97 bits per heavy atom. The Balaban J connectivity index is 1.81. The molecular weight excluding hydrogens is 470 g/mol. The number of aliphatic hydroxyl groups is 2. The molecular formula is C22H22F2N4O5S. The maximum atomic E-state index is 12.8. The molecule has 34 heavy (non-hydrogen) atoms. The zero-order valence-electron chi connectivity index (χ0n) is 17.9. The van der Waals surface area contributed by atoms with E-state index in [-0.39, 0.29) is 16.7 Å². The van der Waals surface area contributed by atoms with Gasteiger partial charge in [-0.15, -0.1) is 0 Å². The van der Waals surface area contributed by atoms with E-state index in [0.29, 0.717) is 27.9 Å². The quantitative estimate of drug-likeness (QED) is 0.417. The van der Waals surface area contributed by atoms with E-state index in [2.05, 4.69) is 20.5 Å². The van der Waals surface area contributed by atoms with Gasteiger partial charge in [0.1, 0.15) is 16.7 Å². The Bertz CT molecular complexity index is 1330. The van der Waals surface area contributed by atoms with Gasteiger partial charge in [-0.05, 0) is 43.5 Å². The number of hydrogen-bond acceptors (Lipinski definition) is 7. The summed E-state index contributed by atoms with van der Waals surface area (Å²) in [7, 11) is -4.05. The topological polar surface area (TPSA) is 137 Å². The Hall–Kier alpha value is -3.11. The average Bonchev–Trinajstić information content (AvgIpc) is 3.09. The molecule has 0 aliphatic heterocycles. The minimum absolute atomic E-state index is 0.0283. The standard InChI is InChI=1S/C22H22F2N4O5S/c23-22(24)33-15-4-6-17-18(9-25)21(28(20(17)8-15)14-2-1-3-14)19-7-5-16(10-26-19)34(31,32)27-13(11-29)12-30/h4-8,10,13-14,22,27,29-30H,1-3,11-12H2. The Labute approximate surface area is 194 Å². The number of ether oxygens (including phenoxy) is 1. The number of rotatable bonds is 9. The summed E-state index contributed by atoms with van der Waals surface area (Å²) in [6.07, 6.45) is 3.77. The fourth-order valence-corrected chi connectivity index (χ4v) is 5.12. The highest BCUT2D eigenvalue weighted by Gasteiger charge is 2.29. The van der Waals surface area contributed by atoms with Gasteiger partial charge in [-0.2, -0.15) is 14.0 Å². The summed E-state index contributed by atoms with van der Waals surface area (Å²) < 4.78 is 59.2. The monoisotopic (exact) mass is 492 g/mol. The second kappa shape index (κ2) is 9.63. The Morgan fingerprint density at radius 1 is 1.24 bits per heavy atom. The van der Waals surface area contributed by atoms with Gasteiger partial charge in [0.2, 0.25) is 10.0 Å². The Kier molecular flexibility index (Phi) is 6.81. The van der Waals surface area contributed by atoms with Crippen molar-refractivity contribution in [1.82, 2.24) is 14.3 Å². The van der Waals surface area contributed by atoms with E-state index in [1.54, 1.807) is 6.07 Å². The normalized spacial score (nSPS) is 14.5. The first kappa shape index (κ1) is 24.0. The van der Waals surface area contributed by atoms with Gasteiger partial charge in [0, 0.05) is 23.7 Å². The van der Waals surface area contributed by atoms with Crippen molar-refractivity contribution >= 4 is 20.9 Å². The van der Waals surface area contributed by atoms with Crippen molar-refractivity contribution in [3.05, 3.63) is 42.1 Å². The lowest BCUT2D eigenvalue weighted by Gasteiger charge is -2.30. The van der Waals surface area contributed by atoms with Crippen LogP contribution in [0.15, 0.2) is 41.4 Å². The summed E-state index contributed by atoms with van der Waals surface area (Å²) in [5.41, 5.74) is 1.67. The molecule has 0 amide bonds. The highest BCUT2D eigenvalue weighted by molar-refractivity contribution is 7.89. The van der Waals surface area contributed by atoms with Crippen molar-refractivity contribution in [3.8, 4) is 23.2 Å². The smallest absolute Gasteiger partial charge is 0.387 e. The zero-order valence-corrected chi connectivity index (χ0v) is 18.7. The van der Waals surface area contributed by atoms with Gasteiger partial charge >= 0.3 is 6.61 Å². The predicted molar refractivity (Wildman–Crippen MR) is 118 cm³/mol. The first-order valence-electron chi connectivity index (χ1n) is 10.5. The van der Waals surface area contributed by atoms with Crippen molar-refractivity contribution in [3.63, 3.8) is 0 Å². The molecule has 1 aliphatic carbocycles. The van der Waals surface area contributed by atoms with Crippen molar-refractivity contribution < 1.29 is 32.1 Å². The van der Waals surface area contributed by atoms with Crippen molar-refractivity contribution in [2.75, 3.05) is 13.2 Å². The lowest BCUT2D eigenvalue weighted by Crippen LogP contribution is -2.40. The van der Waals surface area contributed by atoms with E-state index in [9.17, 15) is 22.5 Å². The average molecular weight is 493 g/mol. The van der Waals surface area contributed by atoms with E-state index in [1.807, 2.05) is 4.57 Å². The van der Waals surface area contributed by atoms with E-state index in [1.165, 1.54) is 24.3 Å². The molecule has 4 rings (SSSR count). The molecule has 12 heteroatoms. The molecule has 0 unspecified atom stereocenters. The first-order chi connectivity index (χ1) is 16.3. The molecule has 0 spiro atoms. The lowest BCUT2D eigenvalue weighted by molar-refractivity contribution is -0.0497. The van der Waals surface area contributed by atoms with Crippen molar-refractivity contribution in [2.24, 2.45) is 0 Å². The molecule has 1 aromatic carbocycles. The molecule has 1 aliphatic rings. The van der Waals surface area contributed by atoms with Gasteiger partial charge in [-0.3, -0.25) is 4.98 Å². The number of aliphatic hydroxyl groups excluding tert-OH is 2. The van der Waals surface area contributed by atoms with Crippen LogP contribution in [0.1, 0.15) is 30.9 Å². The minimum Gasteiger partial charge on any atom is -0.435 e. The van der Waals surface area contributed by atoms with Gasteiger partial charge < -0.3 is 19.5 Å². The fourth-order valence-electron chi connectivity index (χ4n) is 3.95. The number of sulfonamides is 1. The predicted octanol–water partition coefficient (Wildman–Crippen LogP) is 2.53. The van der Waals surface area contributed by atoms with E-state index >= 15 is 0 Å². The van der Waals surface area contributed by atoms with Crippen LogP contribution in [0.5, 0.6) is 5.75 Å². The number of benzene rings is 1. The summed E-state index contributed by atoms with van der Waals surface area (Å²) in [4.78, 5) is 4.10. The van der Waals surface area contributed by atoms with Crippen LogP contribution in [0, 0.1) is 11.3 Å². The molecule has 0 bridgehead atoms.